The highest BCUT2D eigenvalue weighted by Gasteiger charge is 2.20. The molecule has 0 radical (unpaired) electrons. The summed E-state index contributed by atoms with van der Waals surface area (Å²) in [4.78, 5) is 16.5. The molecule has 1 saturated heterocycles. The van der Waals surface area contributed by atoms with Crippen LogP contribution in [0.2, 0.25) is 0 Å². The molecule has 1 aliphatic heterocycles. The smallest absolute Gasteiger partial charge is 0.222 e. The number of carbonyl (C=O) groups excluding carboxylic acids is 1. The topological polar surface area (TPSA) is 23.6 Å². The van der Waals surface area contributed by atoms with Crippen molar-refractivity contribution in [3.05, 3.63) is 35.9 Å². The van der Waals surface area contributed by atoms with E-state index < -0.39 is 0 Å². The maximum atomic E-state index is 12.1. The summed E-state index contributed by atoms with van der Waals surface area (Å²) in [5.41, 5.74) is 1.35. The highest BCUT2D eigenvalue weighted by Crippen LogP contribution is 2.10. The van der Waals surface area contributed by atoms with E-state index >= 15 is 0 Å². The van der Waals surface area contributed by atoms with Crippen molar-refractivity contribution >= 4 is 17.5 Å². The van der Waals surface area contributed by atoms with Crippen molar-refractivity contribution in [2.75, 3.05) is 32.1 Å². The van der Waals surface area contributed by atoms with Gasteiger partial charge in [0.05, 0.1) is 0 Å². The van der Waals surface area contributed by atoms with E-state index in [1.165, 1.54) is 5.56 Å². The zero-order chi connectivity index (χ0) is 14.9. The van der Waals surface area contributed by atoms with Gasteiger partial charge in [0.1, 0.15) is 0 Å². The molecule has 116 valence electrons. The van der Waals surface area contributed by atoms with Crippen molar-refractivity contribution in [2.45, 2.75) is 32.2 Å². The fourth-order valence-electron chi connectivity index (χ4n) is 2.70. The van der Waals surface area contributed by atoms with E-state index in [2.05, 4.69) is 29.2 Å². The van der Waals surface area contributed by atoms with Gasteiger partial charge in [-0.2, -0.15) is 0 Å². The standard InChI is InChI=1S/C17H25ClN2O/c18-10-6-2-5-9-17(21)20-13-11-19(12-14-20)15-16-7-3-1-4-8-16/h1,3-4,7-8H,2,5-6,9-15H2. The van der Waals surface area contributed by atoms with E-state index in [-0.39, 0.29) is 0 Å². The van der Waals surface area contributed by atoms with Gasteiger partial charge < -0.3 is 4.90 Å². The lowest BCUT2D eigenvalue weighted by molar-refractivity contribution is -0.133. The van der Waals surface area contributed by atoms with Gasteiger partial charge >= 0.3 is 0 Å². The van der Waals surface area contributed by atoms with Crippen LogP contribution in [-0.2, 0) is 11.3 Å². The number of unbranched alkanes of at least 4 members (excludes halogenated alkanes) is 2. The van der Waals surface area contributed by atoms with Crippen LogP contribution in [0.25, 0.3) is 0 Å². The van der Waals surface area contributed by atoms with E-state index in [0.717, 1.165) is 52.0 Å². The zero-order valence-corrected chi connectivity index (χ0v) is 13.4. The molecule has 0 unspecified atom stereocenters. The number of amides is 1. The first-order valence-corrected chi connectivity index (χ1v) is 8.43. The van der Waals surface area contributed by atoms with Gasteiger partial charge in [-0.25, -0.2) is 0 Å². The second-order valence-corrected chi connectivity index (χ2v) is 6.02. The second-order valence-electron chi connectivity index (χ2n) is 5.64. The highest BCUT2D eigenvalue weighted by atomic mass is 35.5. The Morgan fingerprint density at radius 1 is 1.00 bits per heavy atom. The molecule has 1 amide bonds. The molecule has 0 spiro atoms. The average Bonchev–Trinajstić information content (AvgIpc) is 2.53. The molecule has 1 aromatic rings. The second kappa shape index (κ2) is 9.06. The zero-order valence-electron chi connectivity index (χ0n) is 12.6. The van der Waals surface area contributed by atoms with Crippen LogP contribution in [-0.4, -0.2) is 47.8 Å². The van der Waals surface area contributed by atoms with Crippen LogP contribution >= 0.6 is 11.6 Å². The average molecular weight is 309 g/mol. The number of halogens is 1. The number of hydrogen-bond acceptors (Lipinski definition) is 2. The summed E-state index contributed by atoms with van der Waals surface area (Å²) in [6, 6.07) is 10.5. The van der Waals surface area contributed by atoms with Gasteiger partial charge in [-0.3, -0.25) is 9.69 Å². The minimum Gasteiger partial charge on any atom is -0.340 e. The Balaban J connectivity index is 1.67. The van der Waals surface area contributed by atoms with Crippen LogP contribution in [0.5, 0.6) is 0 Å². The maximum Gasteiger partial charge on any atom is 0.222 e. The molecule has 0 bridgehead atoms. The van der Waals surface area contributed by atoms with Crippen molar-refractivity contribution < 1.29 is 4.79 Å². The predicted molar refractivity (Wildman–Crippen MR) is 87.5 cm³/mol. The number of rotatable bonds is 7. The normalized spacial score (nSPS) is 16.1. The van der Waals surface area contributed by atoms with Gasteiger partial charge in [-0.1, -0.05) is 36.8 Å². The van der Waals surface area contributed by atoms with Gasteiger partial charge in [0, 0.05) is 45.0 Å². The number of hydrogen-bond donors (Lipinski definition) is 0. The number of piperazine rings is 1. The summed E-state index contributed by atoms with van der Waals surface area (Å²) in [5, 5.41) is 0. The van der Waals surface area contributed by atoms with E-state index in [1.54, 1.807) is 0 Å². The van der Waals surface area contributed by atoms with Crippen molar-refractivity contribution in [3.63, 3.8) is 0 Å². The minimum atomic E-state index is 0.309. The summed E-state index contributed by atoms with van der Waals surface area (Å²) in [6.07, 6.45) is 3.72. The summed E-state index contributed by atoms with van der Waals surface area (Å²) >= 11 is 5.65. The van der Waals surface area contributed by atoms with Crippen molar-refractivity contribution in [3.8, 4) is 0 Å². The van der Waals surface area contributed by atoms with Crippen LogP contribution in [0, 0.1) is 0 Å². The first-order valence-electron chi connectivity index (χ1n) is 7.89. The molecule has 21 heavy (non-hydrogen) atoms. The third kappa shape index (κ3) is 5.68. The van der Waals surface area contributed by atoms with Crippen molar-refractivity contribution in [1.82, 2.24) is 9.80 Å². The Labute approximate surface area is 132 Å². The number of carbonyl (C=O) groups is 1. The van der Waals surface area contributed by atoms with Gasteiger partial charge in [-0.05, 0) is 18.4 Å². The monoisotopic (exact) mass is 308 g/mol. The van der Waals surface area contributed by atoms with Gasteiger partial charge in [0.15, 0.2) is 0 Å². The molecule has 1 aromatic carbocycles. The lowest BCUT2D eigenvalue weighted by Gasteiger charge is -2.34. The fourth-order valence-corrected chi connectivity index (χ4v) is 2.89. The predicted octanol–water partition coefficient (Wildman–Crippen LogP) is 3.13. The van der Waals surface area contributed by atoms with Crippen LogP contribution in [0.1, 0.15) is 31.2 Å². The Hall–Kier alpha value is -1.06. The molecule has 4 heteroatoms. The molecule has 0 saturated carbocycles. The highest BCUT2D eigenvalue weighted by molar-refractivity contribution is 6.17. The molecule has 0 N–H and O–H groups in total. The largest absolute Gasteiger partial charge is 0.340 e. The van der Waals surface area contributed by atoms with Crippen molar-refractivity contribution in [2.24, 2.45) is 0 Å². The summed E-state index contributed by atoms with van der Waals surface area (Å²) in [7, 11) is 0. The molecule has 1 aliphatic rings. The Morgan fingerprint density at radius 2 is 1.71 bits per heavy atom. The molecular weight excluding hydrogens is 284 g/mol. The SMILES string of the molecule is O=C(CCCCCCl)N1CCN(Cc2ccccc2)CC1. The lowest BCUT2D eigenvalue weighted by Crippen LogP contribution is -2.48. The number of nitrogens with zero attached hydrogens (tertiary/aromatic N) is 2. The molecule has 0 aromatic heterocycles. The van der Waals surface area contributed by atoms with E-state index in [1.807, 2.05) is 11.0 Å². The minimum absolute atomic E-state index is 0.309. The van der Waals surface area contributed by atoms with Gasteiger partial charge in [-0.15, -0.1) is 11.6 Å². The molecule has 2 rings (SSSR count). The van der Waals surface area contributed by atoms with Gasteiger partial charge in [0.2, 0.25) is 5.91 Å². The Morgan fingerprint density at radius 3 is 2.38 bits per heavy atom. The van der Waals surface area contributed by atoms with Crippen LogP contribution in [0.3, 0.4) is 0 Å². The fraction of sp³-hybridized carbons (Fsp3) is 0.588. The number of alkyl halides is 1. The Bertz CT molecular complexity index is 416. The molecule has 0 atom stereocenters. The first kappa shape index (κ1) is 16.3. The number of benzene rings is 1. The third-order valence-electron chi connectivity index (χ3n) is 4.00. The van der Waals surface area contributed by atoms with E-state index in [9.17, 15) is 4.79 Å². The van der Waals surface area contributed by atoms with Crippen LogP contribution in [0.15, 0.2) is 30.3 Å². The Kier molecular flexibility index (Phi) is 7.04. The third-order valence-corrected chi connectivity index (χ3v) is 4.27. The quantitative estimate of drug-likeness (QED) is 0.571. The van der Waals surface area contributed by atoms with Crippen molar-refractivity contribution in [1.29, 1.82) is 0 Å². The molecule has 0 aliphatic carbocycles. The molecule has 3 nitrogen and oxygen atoms in total. The summed E-state index contributed by atoms with van der Waals surface area (Å²) in [6.45, 7) is 4.66. The summed E-state index contributed by atoms with van der Waals surface area (Å²) in [5.74, 6) is 1.01. The summed E-state index contributed by atoms with van der Waals surface area (Å²) < 4.78 is 0. The molecule has 1 fully saturated rings. The van der Waals surface area contributed by atoms with E-state index in [4.69, 9.17) is 11.6 Å². The van der Waals surface area contributed by atoms with Crippen LogP contribution in [0.4, 0.5) is 0 Å². The lowest BCUT2D eigenvalue weighted by atomic mass is 10.1. The molecule has 1 heterocycles. The van der Waals surface area contributed by atoms with E-state index in [0.29, 0.717) is 18.2 Å². The van der Waals surface area contributed by atoms with Crippen LogP contribution < -0.4 is 0 Å². The first-order chi connectivity index (χ1) is 10.3. The molecular formula is C17H25ClN2O. The maximum absolute atomic E-state index is 12.1. The van der Waals surface area contributed by atoms with Gasteiger partial charge in [0.25, 0.3) is 0 Å².